The molecule has 0 bridgehead atoms. The van der Waals surface area contributed by atoms with E-state index in [1.807, 2.05) is 6.92 Å². The third-order valence-corrected chi connectivity index (χ3v) is 4.18. The number of nitrogens with zero attached hydrogens (tertiary/aromatic N) is 3. The van der Waals surface area contributed by atoms with Crippen LogP contribution in [0.1, 0.15) is 43.8 Å². The number of aromatic nitrogens is 3. The second kappa shape index (κ2) is 6.49. The standard InChI is InChI=1S/C19H14N4O4/c1-2-15-20-16(22-21-15)11-7-9-12(10-8-11)19(26)27-23-17(24)13-5-3-4-6-14(13)18(23)25/h3-10H,2H2,1H3,(H,20,21,22). The number of fused-ring (bicyclic) bond motifs is 1. The molecule has 0 atom stereocenters. The van der Waals surface area contributed by atoms with Crippen LogP contribution in [0.15, 0.2) is 48.5 Å². The van der Waals surface area contributed by atoms with Gasteiger partial charge >= 0.3 is 5.97 Å². The van der Waals surface area contributed by atoms with Gasteiger partial charge in [0, 0.05) is 12.0 Å². The van der Waals surface area contributed by atoms with Gasteiger partial charge in [-0.1, -0.05) is 36.3 Å². The number of carbonyl (C=O) groups excluding carboxylic acids is 3. The number of hydroxylamine groups is 2. The van der Waals surface area contributed by atoms with E-state index in [0.717, 1.165) is 17.8 Å². The number of hydrogen-bond donors (Lipinski definition) is 1. The molecule has 1 aliphatic rings. The van der Waals surface area contributed by atoms with Crippen LogP contribution in [0.3, 0.4) is 0 Å². The van der Waals surface area contributed by atoms with E-state index in [-0.39, 0.29) is 16.7 Å². The lowest BCUT2D eigenvalue weighted by atomic mass is 10.1. The van der Waals surface area contributed by atoms with Gasteiger partial charge in [-0.05, 0) is 24.3 Å². The van der Waals surface area contributed by atoms with Crippen molar-refractivity contribution in [3.63, 3.8) is 0 Å². The Morgan fingerprint density at radius 3 is 2.22 bits per heavy atom. The van der Waals surface area contributed by atoms with Gasteiger partial charge in [-0.25, -0.2) is 9.78 Å². The molecule has 2 amide bonds. The Kier molecular flexibility index (Phi) is 4.00. The van der Waals surface area contributed by atoms with Crippen molar-refractivity contribution < 1.29 is 19.2 Å². The van der Waals surface area contributed by atoms with Gasteiger partial charge < -0.3 is 4.84 Å². The van der Waals surface area contributed by atoms with E-state index < -0.39 is 17.8 Å². The average Bonchev–Trinajstić information content (AvgIpc) is 3.28. The molecule has 0 unspecified atom stereocenters. The lowest BCUT2D eigenvalue weighted by Crippen LogP contribution is -2.32. The smallest absolute Gasteiger partial charge is 0.324 e. The highest BCUT2D eigenvalue weighted by Crippen LogP contribution is 2.23. The Hall–Kier alpha value is -3.81. The summed E-state index contributed by atoms with van der Waals surface area (Å²) in [5.74, 6) is -0.840. The maximum atomic E-state index is 12.3. The summed E-state index contributed by atoms with van der Waals surface area (Å²) in [7, 11) is 0. The van der Waals surface area contributed by atoms with Gasteiger partial charge in [0.05, 0.1) is 16.7 Å². The maximum absolute atomic E-state index is 12.3. The van der Waals surface area contributed by atoms with Crippen LogP contribution in [0.5, 0.6) is 0 Å². The molecule has 1 aliphatic heterocycles. The Balaban J connectivity index is 1.51. The van der Waals surface area contributed by atoms with E-state index in [2.05, 4.69) is 15.2 Å². The third-order valence-electron chi connectivity index (χ3n) is 4.18. The number of carbonyl (C=O) groups is 3. The Morgan fingerprint density at radius 2 is 1.67 bits per heavy atom. The van der Waals surface area contributed by atoms with E-state index >= 15 is 0 Å². The number of amides is 2. The lowest BCUT2D eigenvalue weighted by molar-refractivity contribution is -0.0584. The topological polar surface area (TPSA) is 105 Å². The summed E-state index contributed by atoms with van der Waals surface area (Å²) >= 11 is 0. The van der Waals surface area contributed by atoms with Crippen LogP contribution in [-0.2, 0) is 11.3 Å². The fourth-order valence-corrected chi connectivity index (χ4v) is 2.72. The van der Waals surface area contributed by atoms with Crippen LogP contribution in [0.25, 0.3) is 11.4 Å². The van der Waals surface area contributed by atoms with E-state index in [9.17, 15) is 14.4 Å². The van der Waals surface area contributed by atoms with Crippen LogP contribution >= 0.6 is 0 Å². The summed E-state index contributed by atoms with van der Waals surface area (Å²) in [5.41, 5.74) is 1.34. The van der Waals surface area contributed by atoms with E-state index in [1.165, 1.54) is 24.3 Å². The molecule has 0 radical (unpaired) electrons. The number of rotatable bonds is 4. The van der Waals surface area contributed by atoms with Crippen molar-refractivity contribution in [3.05, 3.63) is 71.0 Å². The number of hydrogen-bond acceptors (Lipinski definition) is 6. The lowest BCUT2D eigenvalue weighted by Gasteiger charge is -2.12. The number of imide groups is 1. The average molecular weight is 362 g/mol. The number of benzene rings is 2. The van der Waals surface area contributed by atoms with Crippen molar-refractivity contribution in [2.45, 2.75) is 13.3 Å². The van der Waals surface area contributed by atoms with Gasteiger partial charge in [-0.3, -0.25) is 14.7 Å². The molecular weight excluding hydrogens is 348 g/mol. The minimum absolute atomic E-state index is 0.196. The summed E-state index contributed by atoms with van der Waals surface area (Å²) in [5, 5.41) is 7.42. The maximum Gasteiger partial charge on any atom is 0.363 e. The van der Waals surface area contributed by atoms with Gasteiger partial charge in [0.25, 0.3) is 11.8 Å². The molecule has 3 aromatic rings. The normalized spacial score (nSPS) is 13.0. The molecule has 1 N–H and O–H groups in total. The highest BCUT2D eigenvalue weighted by atomic mass is 16.7. The minimum Gasteiger partial charge on any atom is -0.324 e. The van der Waals surface area contributed by atoms with E-state index in [0.29, 0.717) is 10.9 Å². The summed E-state index contributed by atoms with van der Waals surface area (Å²) < 4.78 is 0. The van der Waals surface area contributed by atoms with Gasteiger partial charge in [0.2, 0.25) is 0 Å². The minimum atomic E-state index is -0.805. The van der Waals surface area contributed by atoms with E-state index in [1.54, 1.807) is 24.3 Å². The van der Waals surface area contributed by atoms with Crippen molar-refractivity contribution in [3.8, 4) is 11.4 Å². The first-order valence-electron chi connectivity index (χ1n) is 8.30. The summed E-state index contributed by atoms with van der Waals surface area (Å²) in [6.45, 7) is 1.96. The molecule has 8 nitrogen and oxygen atoms in total. The first-order valence-corrected chi connectivity index (χ1v) is 8.30. The summed E-state index contributed by atoms with van der Waals surface area (Å²) in [6.07, 6.45) is 0.734. The molecule has 0 spiro atoms. The van der Waals surface area contributed by atoms with Crippen molar-refractivity contribution in [2.75, 3.05) is 0 Å². The molecule has 8 heteroatoms. The van der Waals surface area contributed by atoms with Gasteiger partial charge in [0.15, 0.2) is 5.82 Å². The second-order valence-corrected chi connectivity index (χ2v) is 5.87. The largest absolute Gasteiger partial charge is 0.363 e. The quantitative estimate of drug-likeness (QED) is 0.715. The predicted octanol–water partition coefficient (Wildman–Crippen LogP) is 2.40. The molecule has 2 heterocycles. The molecule has 27 heavy (non-hydrogen) atoms. The van der Waals surface area contributed by atoms with Crippen molar-refractivity contribution in [1.82, 2.24) is 20.2 Å². The molecular formula is C19H14N4O4. The molecule has 4 rings (SSSR count). The zero-order valence-corrected chi connectivity index (χ0v) is 14.3. The first kappa shape index (κ1) is 16.6. The molecule has 0 fully saturated rings. The zero-order chi connectivity index (χ0) is 19.0. The molecule has 134 valence electrons. The highest BCUT2D eigenvalue weighted by molar-refractivity contribution is 6.21. The Labute approximate surface area is 153 Å². The Bertz CT molecular complexity index is 1020. The molecule has 0 saturated heterocycles. The van der Waals surface area contributed by atoms with Crippen LogP contribution < -0.4 is 0 Å². The van der Waals surface area contributed by atoms with Crippen LogP contribution in [0, 0.1) is 0 Å². The third kappa shape index (κ3) is 2.86. The number of aromatic amines is 1. The molecule has 2 aromatic carbocycles. The SMILES string of the molecule is CCc1nc(-c2ccc(C(=O)ON3C(=O)c4ccccc4C3=O)cc2)n[nH]1. The van der Waals surface area contributed by atoms with Gasteiger partial charge in [-0.2, -0.15) is 5.10 Å². The number of aryl methyl sites for hydroxylation is 1. The highest BCUT2D eigenvalue weighted by Gasteiger charge is 2.38. The first-order chi connectivity index (χ1) is 13.1. The van der Waals surface area contributed by atoms with Crippen molar-refractivity contribution in [2.24, 2.45) is 0 Å². The summed E-state index contributed by atoms with van der Waals surface area (Å²) in [6, 6.07) is 12.7. The predicted molar refractivity (Wildman–Crippen MR) is 93.6 cm³/mol. The van der Waals surface area contributed by atoms with Crippen LogP contribution in [0.2, 0.25) is 0 Å². The zero-order valence-electron chi connectivity index (χ0n) is 14.3. The molecule has 0 saturated carbocycles. The monoisotopic (exact) mass is 362 g/mol. The summed E-state index contributed by atoms with van der Waals surface area (Å²) in [4.78, 5) is 46.2. The van der Waals surface area contributed by atoms with Gasteiger partial charge in [0.1, 0.15) is 5.82 Å². The van der Waals surface area contributed by atoms with Crippen molar-refractivity contribution >= 4 is 17.8 Å². The number of H-pyrrole nitrogens is 1. The molecule has 1 aromatic heterocycles. The van der Waals surface area contributed by atoms with Crippen LogP contribution in [0.4, 0.5) is 0 Å². The van der Waals surface area contributed by atoms with Gasteiger partial charge in [-0.15, -0.1) is 0 Å². The van der Waals surface area contributed by atoms with Crippen molar-refractivity contribution in [1.29, 1.82) is 0 Å². The Morgan fingerprint density at radius 1 is 1.04 bits per heavy atom. The van der Waals surface area contributed by atoms with Crippen LogP contribution in [-0.4, -0.2) is 38.0 Å². The fraction of sp³-hybridized carbons (Fsp3) is 0.105. The van der Waals surface area contributed by atoms with E-state index in [4.69, 9.17) is 4.84 Å². The second-order valence-electron chi connectivity index (χ2n) is 5.87. The number of nitrogens with one attached hydrogen (secondary N) is 1. The fourth-order valence-electron chi connectivity index (χ4n) is 2.72. The molecule has 0 aliphatic carbocycles.